The number of nitrogens with zero attached hydrogens (tertiary/aromatic N) is 1. The monoisotopic (exact) mass is 539 g/mol. The van der Waals surface area contributed by atoms with E-state index in [1.54, 1.807) is 6.92 Å². The number of amides is 1. The number of hydrogen-bond acceptors (Lipinski definition) is 5. The van der Waals surface area contributed by atoms with Crippen LogP contribution in [0.25, 0.3) is 0 Å². The minimum absolute atomic E-state index is 0.0386. The predicted molar refractivity (Wildman–Crippen MR) is 155 cm³/mol. The highest BCUT2D eigenvalue weighted by atomic mass is 32.1. The molecular formula is C32H45NO4S. The smallest absolute Gasteiger partial charge is 0.230 e. The van der Waals surface area contributed by atoms with Crippen LogP contribution in [0, 0.1) is 23.2 Å². The van der Waals surface area contributed by atoms with Crippen molar-refractivity contribution >= 4 is 28.7 Å². The van der Waals surface area contributed by atoms with Crippen LogP contribution in [0.2, 0.25) is 0 Å². The molecule has 0 aliphatic heterocycles. The van der Waals surface area contributed by atoms with Crippen LogP contribution in [0.15, 0.2) is 17.7 Å². The van der Waals surface area contributed by atoms with Gasteiger partial charge in [-0.2, -0.15) is 0 Å². The van der Waals surface area contributed by atoms with E-state index in [4.69, 9.17) is 4.74 Å². The molecule has 3 aliphatic carbocycles. The van der Waals surface area contributed by atoms with Gasteiger partial charge in [-0.05, 0) is 91.5 Å². The van der Waals surface area contributed by atoms with E-state index in [1.165, 1.54) is 29.8 Å². The van der Waals surface area contributed by atoms with Crippen LogP contribution in [-0.2, 0) is 9.53 Å². The fraction of sp³-hybridized carbons (Fsp3) is 0.688. The van der Waals surface area contributed by atoms with Gasteiger partial charge in [-0.3, -0.25) is 9.59 Å². The molecule has 0 bridgehead atoms. The number of ketones is 1. The van der Waals surface area contributed by atoms with Crippen molar-refractivity contribution in [3.05, 3.63) is 27.5 Å². The zero-order chi connectivity index (χ0) is 27.5. The van der Waals surface area contributed by atoms with Crippen molar-refractivity contribution in [1.29, 1.82) is 0 Å². The molecule has 2 fully saturated rings. The molecule has 1 aromatic rings. The van der Waals surface area contributed by atoms with Gasteiger partial charge in [-0.25, -0.2) is 0 Å². The van der Waals surface area contributed by atoms with Gasteiger partial charge in [0.2, 0.25) is 5.91 Å². The Morgan fingerprint density at radius 1 is 1.16 bits per heavy atom. The fourth-order valence-corrected chi connectivity index (χ4v) is 6.77. The number of aliphatic hydroxyl groups is 1. The number of carbonyl (C=O) groups is 2. The molecule has 0 unspecified atom stereocenters. The van der Waals surface area contributed by atoms with Crippen molar-refractivity contribution in [3.63, 3.8) is 0 Å². The number of rotatable bonds is 7. The van der Waals surface area contributed by atoms with Crippen molar-refractivity contribution in [2.45, 2.75) is 123 Å². The number of allylic oxidation sites excluding steroid dienone is 2. The van der Waals surface area contributed by atoms with Gasteiger partial charge in [0.1, 0.15) is 0 Å². The van der Waals surface area contributed by atoms with E-state index < -0.39 is 5.60 Å². The molecule has 1 heterocycles. The minimum Gasteiger partial charge on any atom is -0.387 e. The second-order valence-corrected chi connectivity index (χ2v) is 13.8. The summed E-state index contributed by atoms with van der Waals surface area (Å²) in [7, 11) is 0. The predicted octanol–water partition coefficient (Wildman–Crippen LogP) is 7.06. The maximum absolute atomic E-state index is 14.1. The first-order valence-corrected chi connectivity index (χ1v) is 15.3. The highest BCUT2D eigenvalue weighted by Crippen LogP contribution is 2.40. The van der Waals surface area contributed by atoms with Crippen LogP contribution in [-0.4, -0.2) is 41.2 Å². The number of ether oxygens (including phenoxy) is 1. The summed E-state index contributed by atoms with van der Waals surface area (Å²) in [6, 6.07) is 1.89. The summed E-state index contributed by atoms with van der Waals surface area (Å²) in [5.41, 5.74) is 1.04. The van der Waals surface area contributed by atoms with Gasteiger partial charge in [0.05, 0.1) is 33.8 Å². The third-order valence-electron chi connectivity index (χ3n) is 8.22. The van der Waals surface area contributed by atoms with E-state index >= 15 is 0 Å². The zero-order valence-electron chi connectivity index (χ0n) is 23.9. The molecule has 0 saturated heterocycles. The van der Waals surface area contributed by atoms with Gasteiger partial charge in [-0.1, -0.05) is 36.3 Å². The Kier molecular flexibility index (Phi) is 9.22. The fourth-order valence-electron chi connectivity index (χ4n) is 5.88. The highest BCUT2D eigenvalue weighted by molar-refractivity contribution is 7.15. The highest BCUT2D eigenvalue weighted by Gasteiger charge is 2.40. The molecule has 5 nitrogen and oxygen atoms in total. The number of hydrogen-bond donors (Lipinski definition) is 1. The Morgan fingerprint density at radius 2 is 1.84 bits per heavy atom. The second kappa shape index (κ2) is 12.1. The maximum Gasteiger partial charge on any atom is 0.230 e. The second-order valence-electron chi connectivity index (χ2n) is 12.8. The molecule has 38 heavy (non-hydrogen) atoms. The molecule has 1 amide bonds. The van der Waals surface area contributed by atoms with Crippen molar-refractivity contribution in [2.24, 2.45) is 11.3 Å². The summed E-state index contributed by atoms with van der Waals surface area (Å²) in [5.74, 6) is 6.50. The summed E-state index contributed by atoms with van der Waals surface area (Å²) in [5, 5.41) is 11.3. The number of carbonyl (C=O) groups excluding carboxylic acids is 2. The van der Waals surface area contributed by atoms with Gasteiger partial charge in [0.15, 0.2) is 5.78 Å². The van der Waals surface area contributed by atoms with E-state index in [0.29, 0.717) is 42.9 Å². The Hall–Kier alpha value is -1.94. The first kappa shape index (κ1) is 29.1. The Bertz CT molecular complexity index is 1100. The molecule has 1 atom stereocenters. The van der Waals surface area contributed by atoms with E-state index in [0.717, 1.165) is 37.0 Å². The molecule has 1 aromatic heterocycles. The van der Waals surface area contributed by atoms with Gasteiger partial charge >= 0.3 is 0 Å². The van der Waals surface area contributed by atoms with Gasteiger partial charge < -0.3 is 14.7 Å². The molecule has 3 aliphatic rings. The third kappa shape index (κ3) is 7.37. The van der Waals surface area contributed by atoms with Gasteiger partial charge in [-0.15, -0.1) is 11.3 Å². The standard InChI is InChI=1S/C32H45NO4S/c1-22-10-12-24(13-11-22)30(35)33(28-20-27(16-17-31(3,4)5)38-29(28)23(2)34)25-14-18-32(36,19-15-25)21-37-26-8-6-7-9-26/h10,20,24-26,36H,6-9,11-15,18-19,21H2,1-5H3/t24-,25?,32?/m0/s1. The zero-order valence-corrected chi connectivity index (χ0v) is 24.7. The maximum atomic E-state index is 14.1. The normalized spacial score (nSPS) is 26.4. The summed E-state index contributed by atoms with van der Waals surface area (Å²) in [6.07, 6.45) is 12.1. The summed E-state index contributed by atoms with van der Waals surface area (Å²) in [6.45, 7) is 10.3. The lowest BCUT2D eigenvalue weighted by atomic mass is 9.81. The first-order chi connectivity index (χ1) is 17.9. The topological polar surface area (TPSA) is 66.8 Å². The van der Waals surface area contributed by atoms with Crippen molar-refractivity contribution < 1.29 is 19.4 Å². The van der Waals surface area contributed by atoms with Crippen LogP contribution < -0.4 is 4.90 Å². The van der Waals surface area contributed by atoms with E-state index in [2.05, 4.69) is 45.6 Å². The Labute approximate surface area is 233 Å². The van der Waals surface area contributed by atoms with Gasteiger partial charge in [0.25, 0.3) is 0 Å². The van der Waals surface area contributed by atoms with E-state index in [-0.39, 0.29) is 35.2 Å². The van der Waals surface area contributed by atoms with Crippen molar-refractivity contribution in [3.8, 4) is 11.8 Å². The van der Waals surface area contributed by atoms with Crippen LogP contribution in [0.5, 0.6) is 0 Å². The first-order valence-electron chi connectivity index (χ1n) is 14.4. The van der Waals surface area contributed by atoms with Crippen LogP contribution >= 0.6 is 11.3 Å². The van der Waals surface area contributed by atoms with Crippen molar-refractivity contribution in [2.75, 3.05) is 11.5 Å². The lowest BCUT2D eigenvalue weighted by Crippen LogP contribution is -2.50. The average molecular weight is 540 g/mol. The van der Waals surface area contributed by atoms with E-state index in [1.807, 2.05) is 11.0 Å². The lowest BCUT2D eigenvalue weighted by molar-refractivity contribution is -0.124. The van der Waals surface area contributed by atoms with E-state index in [9.17, 15) is 14.7 Å². The number of Topliss-reactive ketones (excluding diaryl/α,β-unsaturated/α-hetero) is 1. The molecule has 1 N–H and O–H groups in total. The number of thiophene rings is 1. The van der Waals surface area contributed by atoms with Gasteiger partial charge in [0, 0.05) is 24.3 Å². The Balaban J connectivity index is 1.60. The third-order valence-corrected chi connectivity index (χ3v) is 9.36. The van der Waals surface area contributed by atoms with Crippen LogP contribution in [0.3, 0.4) is 0 Å². The van der Waals surface area contributed by atoms with Crippen LogP contribution in [0.1, 0.15) is 120 Å². The molecule has 0 spiro atoms. The number of anilines is 1. The average Bonchev–Trinajstić information content (AvgIpc) is 3.53. The summed E-state index contributed by atoms with van der Waals surface area (Å²) >= 11 is 1.39. The molecule has 208 valence electrons. The Morgan fingerprint density at radius 3 is 2.42 bits per heavy atom. The van der Waals surface area contributed by atoms with Crippen LogP contribution in [0.4, 0.5) is 5.69 Å². The SMILES string of the molecule is CC(=O)c1sc(C#CC(C)(C)C)cc1N(C(=O)[C@H]1CC=C(C)CC1)C1CCC(O)(COC2CCCC2)CC1. The summed E-state index contributed by atoms with van der Waals surface area (Å²) < 4.78 is 6.09. The molecule has 2 saturated carbocycles. The molecule has 6 heteroatoms. The lowest BCUT2D eigenvalue weighted by Gasteiger charge is -2.42. The quantitative estimate of drug-likeness (QED) is 0.229. The molecule has 0 radical (unpaired) electrons. The summed E-state index contributed by atoms with van der Waals surface area (Å²) in [4.78, 5) is 30.3. The molecular weight excluding hydrogens is 494 g/mol. The minimum atomic E-state index is -0.847. The van der Waals surface area contributed by atoms with Crippen molar-refractivity contribution in [1.82, 2.24) is 0 Å². The molecule has 0 aromatic carbocycles. The molecule has 4 rings (SSSR count). The largest absolute Gasteiger partial charge is 0.387 e.